The molecule has 0 radical (unpaired) electrons. The minimum Gasteiger partial charge on any atom is -0.466 e. The van der Waals surface area contributed by atoms with Crippen LogP contribution in [0.15, 0.2) is 72.9 Å². The molecule has 46 heavy (non-hydrogen) atoms. The summed E-state index contributed by atoms with van der Waals surface area (Å²) >= 11 is 6.50. The topological polar surface area (TPSA) is 80.3 Å². The average Bonchev–Trinajstić information content (AvgIpc) is 2.99. The van der Waals surface area contributed by atoms with Crippen molar-refractivity contribution in [3.63, 3.8) is 0 Å². The Kier molecular flexibility index (Phi) is 10.6. The molecule has 0 aliphatic heterocycles. The summed E-state index contributed by atoms with van der Waals surface area (Å²) in [5, 5.41) is 5.93. The first-order valence-electron chi connectivity index (χ1n) is 14.0. The van der Waals surface area contributed by atoms with E-state index in [0.29, 0.717) is 33.5 Å². The number of aromatic nitrogens is 1. The van der Waals surface area contributed by atoms with Gasteiger partial charge in [-0.1, -0.05) is 35.9 Å². The molecule has 0 bridgehead atoms. The number of esters is 1. The molecular formula is C33H28ClF6N3O3. The number of carbonyl (C=O) groups is 2. The van der Waals surface area contributed by atoms with Gasteiger partial charge in [-0.3, -0.25) is 14.6 Å². The van der Waals surface area contributed by atoms with E-state index < -0.39 is 35.4 Å². The molecule has 13 heteroatoms. The zero-order chi connectivity index (χ0) is 33.6. The van der Waals surface area contributed by atoms with Crippen molar-refractivity contribution in [2.75, 3.05) is 18.5 Å². The maximum atomic E-state index is 13.6. The van der Waals surface area contributed by atoms with Gasteiger partial charge in [-0.2, -0.15) is 26.3 Å². The van der Waals surface area contributed by atoms with Crippen molar-refractivity contribution in [3.05, 3.63) is 106 Å². The van der Waals surface area contributed by atoms with E-state index >= 15 is 0 Å². The molecule has 3 aromatic carbocycles. The highest BCUT2D eigenvalue weighted by Gasteiger charge is 2.32. The average molecular weight is 664 g/mol. The van der Waals surface area contributed by atoms with Gasteiger partial charge in [0, 0.05) is 36.1 Å². The molecule has 1 amide bonds. The molecule has 0 spiro atoms. The number of rotatable bonds is 10. The molecule has 6 nitrogen and oxygen atoms in total. The van der Waals surface area contributed by atoms with E-state index in [1.165, 1.54) is 30.5 Å². The summed E-state index contributed by atoms with van der Waals surface area (Å²) in [7, 11) is 0. The Morgan fingerprint density at radius 1 is 0.848 bits per heavy atom. The molecule has 4 rings (SSSR count). The first-order valence-corrected chi connectivity index (χ1v) is 14.4. The molecule has 0 saturated heterocycles. The summed E-state index contributed by atoms with van der Waals surface area (Å²) < 4.78 is 84.9. The van der Waals surface area contributed by atoms with Gasteiger partial charge >= 0.3 is 18.3 Å². The lowest BCUT2D eigenvalue weighted by Crippen LogP contribution is -2.27. The highest BCUT2D eigenvalue weighted by atomic mass is 35.5. The summed E-state index contributed by atoms with van der Waals surface area (Å²) in [6.45, 7) is 3.54. The fraction of sp³-hybridized carbons (Fsp3) is 0.242. The number of nitrogens with zero attached hydrogens (tertiary/aromatic N) is 1. The summed E-state index contributed by atoms with van der Waals surface area (Å²) in [4.78, 5) is 28.0. The molecular weight excluding hydrogens is 636 g/mol. The lowest BCUT2D eigenvalue weighted by atomic mass is 9.97. The monoisotopic (exact) mass is 663 g/mol. The van der Waals surface area contributed by atoms with Gasteiger partial charge in [-0.15, -0.1) is 0 Å². The Bertz CT molecular complexity index is 1720. The highest BCUT2D eigenvalue weighted by molar-refractivity contribution is 6.33. The van der Waals surface area contributed by atoms with Crippen molar-refractivity contribution in [2.24, 2.45) is 0 Å². The van der Waals surface area contributed by atoms with Crippen LogP contribution in [0.25, 0.3) is 22.3 Å². The van der Waals surface area contributed by atoms with Gasteiger partial charge in [0.05, 0.1) is 29.2 Å². The van der Waals surface area contributed by atoms with E-state index in [1.807, 2.05) is 0 Å². The minimum absolute atomic E-state index is 0.0114. The lowest BCUT2D eigenvalue weighted by Gasteiger charge is -2.16. The summed E-state index contributed by atoms with van der Waals surface area (Å²) in [6, 6.07) is 14.4. The number of nitrogens with one attached hydrogen (secondary N) is 2. The summed E-state index contributed by atoms with van der Waals surface area (Å²) in [6.07, 6.45) is -7.82. The SMILES string of the molecule is CCOC(=O)CCNC(=O)c1ccc(-c2cc(C(F)(F)F)ccc2CNc2ccc(-c3ccc(C(F)(F)F)cc3C)c(Cl)c2)cn1. The number of pyridine rings is 1. The number of hydrogen-bond donors (Lipinski definition) is 2. The third kappa shape index (κ3) is 8.57. The number of ether oxygens (including phenoxy) is 1. The van der Waals surface area contributed by atoms with Crippen LogP contribution in [0, 0.1) is 6.92 Å². The van der Waals surface area contributed by atoms with Crippen LogP contribution < -0.4 is 10.6 Å². The number of aryl methyl sites for hydroxylation is 1. The number of halogens is 7. The van der Waals surface area contributed by atoms with Crippen LogP contribution in [0.2, 0.25) is 5.02 Å². The van der Waals surface area contributed by atoms with Crippen LogP contribution in [0.3, 0.4) is 0 Å². The van der Waals surface area contributed by atoms with Crippen LogP contribution in [0.4, 0.5) is 32.0 Å². The molecule has 0 unspecified atom stereocenters. The van der Waals surface area contributed by atoms with Gasteiger partial charge in [-0.05, 0) is 78.6 Å². The van der Waals surface area contributed by atoms with Gasteiger partial charge in [0.1, 0.15) is 5.69 Å². The predicted octanol–water partition coefficient (Wildman–Crippen LogP) is 8.71. The fourth-order valence-corrected chi connectivity index (χ4v) is 4.93. The maximum absolute atomic E-state index is 13.6. The van der Waals surface area contributed by atoms with Crippen molar-refractivity contribution < 1.29 is 40.7 Å². The molecule has 1 heterocycles. The third-order valence-corrected chi connectivity index (χ3v) is 7.27. The number of amides is 1. The Balaban J connectivity index is 1.53. The third-order valence-electron chi connectivity index (χ3n) is 6.96. The fourth-order valence-electron chi connectivity index (χ4n) is 4.65. The van der Waals surface area contributed by atoms with E-state index in [0.717, 1.165) is 24.3 Å². The second kappa shape index (κ2) is 14.2. The van der Waals surface area contributed by atoms with Crippen LogP contribution in [-0.2, 0) is 28.4 Å². The molecule has 0 aliphatic rings. The van der Waals surface area contributed by atoms with Crippen molar-refractivity contribution in [2.45, 2.75) is 39.2 Å². The van der Waals surface area contributed by atoms with Crippen LogP contribution in [-0.4, -0.2) is 30.0 Å². The van der Waals surface area contributed by atoms with Gasteiger partial charge in [0.15, 0.2) is 0 Å². The summed E-state index contributed by atoms with van der Waals surface area (Å²) in [5.41, 5.74) is 1.38. The molecule has 0 fully saturated rings. The van der Waals surface area contributed by atoms with Crippen LogP contribution in [0.1, 0.15) is 46.1 Å². The van der Waals surface area contributed by atoms with E-state index in [2.05, 4.69) is 15.6 Å². The van der Waals surface area contributed by atoms with E-state index in [1.54, 1.807) is 32.0 Å². The molecule has 242 valence electrons. The number of alkyl halides is 6. The Morgan fingerprint density at radius 3 is 2.13 bits per heavy atom. The van der Waals surface area contributed by atoms with Crippen molar-refractivity contribution in [3.8, 4) is 22.3 Å². The second-order valence-electron chi connectivity index (χ2n) is 10.2. The van der Waals surface area contributed by atoms with E-state index in [-0.39, 0.29) is 42.4 Å². The van der Waals surface area contributed by atoms with E-state index in [9.17, 15) is 35.9 Å². The number of carbonyl (C=O) groups excluding carboxylic acids is 2. The summed E-state index contributed by atoms with van der Waals surface area (Å²) in [5.74, 6) is -1.03. The van der Waals surface area contributed by atoms with Gasteiger partial charge in [0.25, 0.3) is 5.91 Å². The molecule has 2 N–H and O–H groups in total. The first-order chi connectivity index (χ1) is 21.7. The first kappa shape index (κ1) is 34.3. The Morgan fingerprint density at radius 2 is 1.52 bits per heavy atom. The molecule has 0 saturated carbocycles. The number of anilines is 1. The van der Waals surface area contributed by atoms with Crippen LogP contribution in [0.5, 0.6) is 0 Å². The number of hydrogen-bond acceptors (Lipinski definition) is 5. The maximum Gasteiger partial charge on any atom is 0.416 e. The van der Waals surface area contributed by atoms with Crippen LogP contribution >= 0.6 is 11.6 Å². The largest absolute Gasteiger partial charge is 0.466 e. The Labute approximate surface area is 265 Å². The van der Waals surface area contributed by atoms with Crippen molar-refractivity contribution >= 4 is 29.2 Å². The smallest absolute Gasteiger partial charge is 0.416 e. The minimum atomic E-state index is -4.60. The second-order valence-corrected chi connectivity index (χ2v) is 10.6. The Hall–Kier alpha value is -4.58. The van der Waals surface area contributed by atoms with Gasteiger partial charge in [0.2, 0.25) is 0 Å². The highest BCUT2D eigenvalue weighted by Crippen LogP contribution is 2.37. The predicted molar refractivity (Wildman–Crippen MR) is 162 cm³/mol. The normalized spacial score (nSPS) is 11.7. The lowest BCUT2D eigenvalue weighted by molar-refractivity contribution is -0.143. The molecule has 1 aromatic heterocycles. The van der Waals surface area contributed by atoms with Crippen molar-refractivity contribution in [1.82, 2.24) is 10.3 Å². The number of benzene rings is 3. The zero-order valence-electron chi connectivity index (χ0n) is 24.6. The standard InChI is InChI=1S/C33H28ClF6N3O3/c1-3-46-30(44)12-13-41-31(45)29-11-5-21(18-43-29)27-15-23(33(38,39)40)6-4-20(27)17-42-24-8-10-26(28(34)16-24)25-9-7-22(14-19(25)2)32(35,36)37/h4-11,14-16,18,42H,3,12-13,17H2,1-2H3,(H,41,45). The van der Waals surface area contributed by atoms with Gasteiger partial charge < -0.3 is 15.4 Å². The van der Waals surface area contributed by atoms with Gasteiger partial charge in [-0.25, -0.2) is 0 Å². The molecule has 0 atom stereocenters. The molecule has 0 aliphatic carbocycles. The van der Waals surface area contributed by atoms with Crippen molar-refractivity contribution in [1.29, 1.82) is 0 Å². The zero-order valence-corrected chi connectivity index (χ0v) is 25.3. The molecule has 4 aromatic rings. The van der Waals surface area contributed by atoms with E-state index in [4.69, 9.17) is 16.3 Å². The quantitative estimate of drug-likeness (QED) is 0.131.